The van der Waals surface area contributed by atoms with Crippen LogP contribution in [0.15, 0.2) is 121 Å². The first kappa shape index (κ1) is 48.0. The fraction of sp³-hybridized carbons (Fsp3) is 0.0833. The summed E-state index contributed by atoms with van der Waals surface area (Å²) >= 11 is 25.0. The van der Waals surface area contributed by atoms with Crippen LogP contribution < -0.4 is 0 Å². The van der Waals surface area contributed by atoms with Crippen LogP contribution in [-0.4, -0.2) is 51.7 Å². The third-order valence-corrected chi connectivity index (χ3v) is 12.9. The van der Waals surface area contributed by atoms with Crippen LogP contribution in [-0.2, 0) is 15.0 Å². The molecule has 9 rings (SSSR count). The molecule has 7 aromatic rings. The second-order valence-corrected chi connectivity index (χ2v) is 18.5. The van der Waals surface area contributed by atoms with Gasteiger partial charge in [-0.2, -0.15) is 43.5 Å². The fourth-order valence-corrected chi connectivity index (χ4v) is 8.61. The van der Waals surface area contributed by atoms with Crippen LogP contribution >= 0.6 is 46.4 Å². The first-order valence-electron chi connectivity index (χ1n) is 19.9. The molecule has 8 bridgehead atoms. The molecule has 0 amide bonds. The van der Waals surface area contributed by atoms with Crippen LogP contribution in [0.4, 0.5) is 39.0 Å². The summed E-state index contributed by atoms with van der Waals surface area (Å²) in [5, 5.41) is -5.90. The highest BCUT2D eigenvalue weighted by molar-refractivity contribution is 7.87. The van der Waals surface area contributed by atoms with Crippen molar-refractivity contribution < 1.29 is 52.2 Å². The van der Waals surface area contributed by atoms with Crippen LogP contribution in [0.25, 0.3) is 90.4 Å². The van der Waals surface area contributed by atoms with Crippen LogP contribution in [0.2, 0.25) is 20.1 Å². The number of aromatic nitrogens is 4. The van der Waals surface area contributed by atoms with E-state index in [1.165, 1.54) is 66.7 Å². The number of aromatic amines is 2. The van der Waals surface area contributed by atoms with Crippen molar-refractivity contribution in [2.24, 2.45) is 0 Å². The number of nitrogens with zero attached hydrogens (tertiary/aromatic N) is 2. The number of ether oxygens (including phenoxy) is 1. The average molecular weight is 1050 g/mol. The molecule has 0 unspecified atom stereocenters. The number of rotatable bonds is 10. The van der Waals surface area contributed by atoms with Crippen LogP contribution in [0.3, 0.4) is 0 Å². The predicted octanol–water partition coefficient (Wildman–Crippen LogP) is 16.0. The van der Waals surface area contributed by atoms with E-state index in [4.69, 9.17) is 51.4 Å². The molecule has 21 heteroatoms. The molecule has 0 atom stereocenters. The SMILES string of the molecule is O=S(=O)(F)C(F)(F)C(F)(F)OC(F)(F)C(F)(F)C1=Cc2nc1c(-c1ccc(Cl)cc1)c1ccc([nH]1)c(-c1ccc(Cl)cc1)c1nc(c(-c3ccc(Cl)cc3)c3ccc([nH]3)c2-c2ccc(Cl)cc2)C=C1. The number of hydrogen-bond donors (Lipinski definition) is 2. The number of nitrogens with one attached hydrogen (secondary N) is 2. The van der Waals surface area contributed by atoms with Crippen molar-refractivity contribution in [1.29, 1.82) is 0 Å². The summed E-state index contributed by atoms with van der Waals surface area (Å²) in [6, 6.07) is 30.4. The van der Waals surface area contributed by atoms with Gasteiger partial charge in [0.25, 0.3) is 0 Å². The second kappa shape index (κ2) is 17.4. The van der Waals surface area contributed by atoms with E-state index in [0.29, 0.717) is 55.3 Å². The minimum absolute atomic E-state index is 0.0283. The zero-order valence-corrected chi connectivity index (χ0v) is 38.1. The van der Waals surface area contributed by atoms with Gasteiger partial charge in [0.15, 0.2) is 0 Å². The molecule has 69 heavy (non-hydrogen) atoms. The Morgan fingerprint density at radius 2 is 0.783 bits per heavy atom. The number of alkyl halides is 8. The Bertz CT molecular complexity index is 3550. The van der Waals surface area contributed by atoms with Crippen molar-refractivity contribution in [2.75, 3.05) is 0 Å². The molecule has 4 aromatic carbocycles. The Morgan fingerprint density at radius 1 is 0.449 bits per heavy atom. The second-order valence-electron chi connectivity index (χ2n) is 15.4. The molecule has 0 radical (unpaired) electrons. The zero-order chi connectivity index (χ0) is 49.4. The molecule has 0 spiro atoms. The number of fused-ring (bicyclic) bond motifs is 8. The highest BCUT2D eigenvalue weighted by atomic mass is 35.5. The van der Waals surface area contributed by atoms with Gasteiger partial charge in [-0.3, -0.25) is 0 Å². The summed E-state index contributed by atoms with van der Waals surface area (Å²) in [5.74, 6) is -6.11. The van der Waals surface area contributed by atoms with E-state index in [0.717, 1.165) is 0 Å². The monoisotopic (exact) mass is 1050 g/mol. The Balaban J connectivity index is 1.47. The normalized spacial score (nSPS) is 13.5. The predicted molar refractivity (Wildman–Crippen MR) is 250 cm³/mol. The third-order valence-electron chi connectivity index (χ3n) is 11.0. The molecule has 2 N–H and O–H groups in total. The third kappa shape index (κ3) is 8.69. The molecule has 0 saturated carbocycles. The fourth-order valence-electron chi connectivity index (χ4n) is 7.78. The van der Waals surface area contributed by atoms with Gasteiger partial charge in [0.05, 0.1) is 28.3 Å². The maximum absolute atomic E-state index is 17.0. The van der Waals surface area contributed by atoms with Crippen LogP contribution in [0.5, 0.6) is 0 Å². The molecule has 0 saturated heterocycles. The van der Waals surface area contributed by atoms with Crippen LogP contribution in [0.1, 0.15) is 22.8 Å². The average Bonchev–Trinajstić information content (AvgIpc) is 4.13. The van der Waals surface area contributed by atoms with Crippen molar-refractivity contribution in [1.82, 2.24) is 19.9 Å². The Labute approximate surface area is 404 Å². The number of hydrogen-bond acceptors (Lipinski definition) is 5. The van der Waals surface area contributed by atoms with Crippen molar-refractivity contribution in [3.05, 3.63) is 164 Å². The first-order valence-corrected chi connectivity index (χ1v) is 22.8. The lowest BCUT2D eigenvalue weighted by Crippen LogP contribution is -2.55. The van der Waals surface area contributed by atoms with E-state index < -0.39 is 56.1 Å². The lowest BCUT2D eigenvalue weighted by molar-refractivity contribution is -0.446. The van der Waals surface area contributed by atoms with Crippen molar-refractivity contribution in [3.63, 3.8) is 0 Å². The summed E-state index contributed by atoms with van der Waals surface area (Å²) in [6.45, 7) is 0. The summed E-state index contributed by atoms with van der Waals surface area (Å²) in [6.07, 6.45) is -9.88. The van der Waals surface area contributed by atoms with Gasteiger partial charge >= 0.3 is 33.6 Å². The van der Waals surface area contributed by atoms with E-state index >= 15 is 17.6 Å². The molecule has 5 heterocycles. The van der Waals surface area contributed by atoms with Gasteiger partial charge in [-0.25, -0.2) is 14.7 Å². The van der Waals surface area contributed by atoms with E-state index in [1.54, 1.807) is 66.7 Å². The smallest absolute Gasteiger partial charge is 0.354 e. The van der Waals surface area contributed by atoms with Gasteiger partial charge in [-0.15, -0.1) is 0 Å². The van der Waals surface area contributed by atoms with Crippen LogP contribution in [0, 0.1) is 0 Å². The van der Waals surface area contributed by atoms with Gasteiger partial charge in [-0.1, -0.05) is 98.8 Å². The molecular weight excluding hydrogens is 1030 g/mol. The Kier molecular flexibility index (Phi) is 12.1. The topological polar surface area (TPSA) is 101 Å². The van der Waals surface area contributed by atoms with E-state index in [1.807, 2.05) is 0 Å². The van der Waals surface area contributed by atoms with E-state index in [9.17, 15) is 29.9 Å². The van der Waals surface area contributed by atoms with Gasteiger partial charge in [0.2, 0.25) is 0 Å². The highest BCUT2D eigenvalue weighted by Crippen LogP contribution is 2.54. The lowest BCUT2D eigenvalue weighted by atomic mass is 9.95. The molecular formula is C48H25Cl4F9N4O3S. The van der Waals surface area contributed by atoms with Crippen molar-refractivity contribution >= 4 is 102 Å². The van der Waals surface area contributed by atoms with Gasteiger partial charge in [0.1, 0.15) is 0 Å². The minimum Gasteiger partial charge on any atom is -0.354 e. The number of H-pyrrole nitrogens is 2. The quantitative estimate of drug-likeness (QED) is 0.105. The molecule has 352 valence electrons. The molecule has 2 aliphatic rings. The molecule has 7 nitrogen and oxygen atoms in total. The molecule has 3 aromatic heterocycles. The summed E-state index contributed by atoms with van der Waals surface area (Å²) in [7, 11) is -7.73. The molecule has 0 fully saturated rings. The first-order chi connectivity index (χ1) is 32.5. The lowest BCUT2D eigenvalue weighted by Gasteiger charge is -2.32. The summed E-state index contributed by atoms with van der Waals surface area (Å²) in [4.78, 5) is 16.0. The molecule has 2 aliphatic heterocycles. The summed E-state index contributed by atoms with van der Waals surface area (Å²) < 4.78 is 162. The standard InChI is InChI=1S/C48H25Cl4F9N4O3S/c49-28-9-1-24(2-10-28)40-33-17-18-34(62-33)41(25-3-11-29(50)12-4-25)36-21-22-38(64-36)43(27-7-15-31(52)16-8-27)44-32(45(53,54)46(55,56)68-47(57,58)48(59,60)69(61,66)67)23-39(65-44)42(37-20-19-35(40)63-37)26-5-13-30(51)14-6-26/h1-23,63-64H. The van der Waals surface area contributed by atoms with Gasteiger partial charge in [-0.05, 0) is 113 Å². The maximum Gasteiger partial charge on any atom is 0.464 e. The maximum atomic E-state index is 17.0. The Hall–Kier alpha value is -6.08. The summed E-state index contributed by atoms with van der Waals surface area (Å²) in [5.41, 5.74) is -0.215. The van der Waals surface area contributed by atoms with Crippen molar-refractivity contribution in [2.45, 2.75) is 23.4 Å². The molecule has 0 aliphatic carbocycles. The minimum atomic E-state index is -7.73. The highest BCUT2D eigenvalue weighted by Gasteiger charge is 2.75. The van der Waals surface area contributed by atoms with E-state index in [-0.39, 0.29) is 43.3 Å². The Morgan fingerprint density at radius 3 is 1.14 bits per heavy atom. The number of halogens is 13. The van der Waals surface area contributed by atoms with Gasteiger partial charge < -0.3 is 9.97 Å². The number of benzene rings is 4. The van der Waals surface area contributed by atoms with Crippen molar-refractivity contribution in [3.8, 4) is 44.5 Å². The van der Waals surface area contributed by atoms with E-state index in [2.05, 4.69) is 19.7 Å². The zero-order valence-electron chi connectivity index (χ0n) is 34.2. The van der Waals surface area contributed by atoms with Gasteiger partial charge in [0, 0.05) is 64.4 Å². The largest absolute Gasteiger partial charge is 0.464 e.